The van der Waals surface area contributed by atoms with Gasteiger partial charge in [0.05, 0.1) is 17.9 Å². The van der Waals surface area contributed by atoms with E-state index in [9.17, 15) is 0 Å². The predicted molar refractivity (Wildman–Crippen MR) is 90.4 cm³/mol. The normalized spacial score (nSPS) is 19.0. The first-order chi connectivity index (χ1) is 9.73. The minimum Gasteiger partial charge on any atom is -0.372 e. The molecule has 1 fully saturated rings. The Kier molecular flexibility index (Phi) is 4.96. The fraction of sp³-hybridized carbons (Fsp3) is 0.812. The topological polar surface area (TPSA) is 37.4 Å². The van der Waals surface area contributed by atoms with Gasteiger partial charge in [0.25, 0.3) is 0 Å². The molecule has 1 aromatic heterocycles. The highest BCUT2D eigenvalue weighted by Crippen LogP contribution is 2.35. The summed E-state index contributed by atoms with van der Waals surface area (Å²) in [5.41, 5.74) is 1.22. The van der Waals surface area contributed by atoms with Crippen LogP contribution in [0.15, 0.2) is 0 Å². The number of hydrogen-bond acceptors (Lipinski definition) is 5. The fourth-order valence-electron chi connectivity index (χ4n) is 2.60. The van der Waals surface area contributed by atoms with Crippen molar-refractivity contribution in [2.45, 2.75) is 59.1 Å². The molecule has 1 aliphatic rings. The molecule has 2 heterocycles. The summed E-state index contributed by atoms with van der Waals surface area (Å²) in [4.78, 5) is 8.71. The van der Waals surface area contributed by atoms with E-state index in [0.717, 1.165) is 37.9 Å². The molecule has 0 unspecified atom stereocenters. The third-order valence-corrected chi connectivity index (χ3v) is 4.74. The van der Waals surface area contributed by atoms with Gasteiger partial charge in [0.15, 0.2) is 5.13 Å². The molecule has 0 amide bonds. The van der Waals surface area contributed by atoms with Crippen LogP contribution in [0.5, 0.6) is 0 Å². The van der Waals surface area contributed by atoms with Crippen molar-refractivity contribution in [2.24, 2.45) is 0 Å². The Morgan fingerprint density at radius 2 is 2.10 bits per heavy atom. The second-order valence-corrected chi connectivity index (χ2v) is 8.39. The number of ether oxygens (including phenoxy) is 1. The first-order valence-electron chi connectivity index (χ1n) is 7.83. The summed E-state index contributed by atoms with van der Waals surface area (Å²) in [6, 6.07) is 0. The van der Waals surface area contributed by atoms with E-state index in [1.54, 1.807) is 0 Å². The van der Waals surface area contributed by atoms with Crippen molar-refractivity contribution in [3.63, 3.8) is 0 Å². The van der Waals surface area contributed by atoms with Crippen molar-refractivity contribution in [3.05, 3.63) is 10.6 Å². The maximum Gasteiger partial charge on any atom is 0.186 e. The summed E-state index contributed by atoms with van der Waals surface area (Å²) in [6.45, 7) is 17.7. The van der Waals surface area contributed by atoms with Gasteiger partial charge in [-0.2, -0.15) is 0 Å². The predicted octanol–water partition coefficient (Wildman–Crippen LogP) is 3.17. The van der Waals surface area contributed by atoms with Crippen LogP contribution < -0.4 is 10.2 Å². The van der Waals surface area contributed by atoms with E-state index < -0.39 is 0 Å². The minimum absolute atomic E-state index is 0.0846. The molecule has 2 rings (SSSR count). The van der Waals surface area contributed by atoms with Gasteiger partial charge in [-0.15, -0.1) is 11.3 Å². The van der Waals surface area contributed by atoms with Crippen LogP contribution in [0.1, 0.15) is 52.1 Å². The minimum atomic E-state index is -0.0896. The number of thiazole rings is 1. The molecular formula is C16H29N3OS. The molecule has 0 radical (unpaired) electrons. The summed E-state index contributed by atoms with van der Waals surface area (Å²) in [7, 11) is 0. The Bertz CT molecular complexity index is 476. The Morgan fingerprint density at radius 1 is 1.38 bits per heavy atom. The Labute approximate surface area is 132 Å². The Hall–Kier alpha value is -0.650. The van der Waals surface area contributed by atoms with Gasteiger partial charge >= 0.3 is 0 Å². The van der Waals surface area contributed by atoms with Crippen molar-refractivity contribution in [2.75, 3.05) is 31.1 Å². The van der Waals surface area contributed by atoms with Crippen LogP contribution in [0.4, 0.5) is 5.13 Å². The Balaban J connectivity index is 2.26. The maximum atomic E-state index is 5.81. The molecule has 1 aromatic rings. The van der Waals surface area contributed by atoms with Crippen LogP contribution in [0.25, 0.3) is 0 Å². The number of hydrogen-bond donors (Lipinski definition) is 1. The van der Waals surface area contributed by atoms with Crippen LogP contribution in [0, 0.1) is 0 Å². The molecular weight excluding hydrogens is 282 g/mol. The van der Waals surface area contributed by atoms with Crippen LogP contribution in [-0.4, -0.2) is 36.8 Å². The van der Waals surface area contributed by atoms with Crippen LogP contribution in [-0.2, 0) is 16.7 Å². The average Bonchev–Trinajstić information content (AvgIpc) is 2.79. The van der Waals surface area contributed by atoms with E-state index in [2.05, 4.69) is 51.8 Å². The summed E-state index contributed by atoms with van der Waals surface area (Å²) < 4.78 is 5.81. The highest BCUT2D eigenvalue weighted by atomic mass is 32.1. The molecule has 5 heteroatoms. The van der Waals surface area contributed by atoms with E-state index in [4.69, 9.17) is 9.72 Å². The molecule has 0 aliphatic carbocycles. The number of aromatic nitrogens is 1. The largest absolute Gasteiger partial charge is 0.372 e. The van der Waals surface area contributed by atoms with Gasteiger partial charge in [0.2, 0.25) is 0 Å². The molecule has 0 bridgehead atoms. The lowest BCUT2D eigenvalue weighted by molar-refractivity contribution is -0.0277. The van der Waals surface area contributed by atoms with E-state index in [0.29, 0.717) is 0 Å². The van der Waals surface area contributed by atoms with Crippen LogP contribution in [0.2, 0.25) is 0 Å². The van der Waals surface area contributed by atoms with E-state index in [1.807, 2.05) is 11.3 Å². The van der Waals surface area contributed by atoms with Crippen LogP contribution in [0.3, 0.4) is 0 Å². The molecule has 0 saturated carbocycles. The van der Waals surface area contributed by atoms with Crippen molar-refractivity contribution < 1.29 is 4.74 Å². The lowest BCUT2D eigenvalue weighted by Gasteiger charge is -2.38. The molecule has 120 valence electrons. The third kappa shape index (κ3) is 4.18. The lowest BCUT2D eigenvalue weighted by atomic mass is 9.91. The summed E-state index contributed by atoms with van der Waals surface area (Å²) in [5, 5.41) is 4.58. The molecule has 4 nitrogen and oxygen atoms in total. The molecule has 1 saturated heterocycles. The van der Waals surface area contributed by atoms with Gasteiger partial charge < -0.3 is 15.0 Å². The van der Waals surface area contributed by atoms with Gasteiger partial charge in [0.1, 0.15) is 0 Å². The second kappa shape index (κ2) is 6.23. The molecule has 21 heavy (non-hydrogen) atoms. The molecule has 0 atom stereocenters. The third-order valence-electron chi connectivity index (χ3n) is 3.63. The summed E-state index contributed by atoms with van der Waals surface area (Å²) >= 11 is 1.83. The monoisotopic (exact) mass is 311 g/mol. The number of nitrogens with one attached hydrogen (secondary N) is 1. The summed E-state index contributed by atoms with van der Waals surface area (Å²) in [5.74, 6) is 0. The van der Waals surface area contributed by atoms with Gasteiger partial charge in [-0.25, -0.2) is 4.98 Å². The Morgan fingerprint density at radius 3 is 2.67 bits per heavy atom. The smallest absolute Gasteiger partial charge is 0.186 e. The zero-order valence-corrected chi connectivity index (χ0v) is 15.1. The van der Waals surface area contributed by atoms with E-state index in [-0.39, 0.29) is 11.0 Å². The standard InChI is InChI=1S/C16H29N3OS/c1-7-17-10-12-13(15(2,3)4)18-14(21-12)19-8-9-20-16(5,6)11-19/h17H,7-11H2,1-6H3. The van der Waals surface area contributed by atoms with Crippen molar-refractivity contribution in [1.82, 2.24) is 10.3 Å². The maximum absolute atomic E-state index is 5.81. The highest BCUT2D eigenvalue weighted by molar-refractivity contribution is 7.15. The summed E-state index contributed by atoms with van der Waals surface area (Å²) in [6.07, 6.45) is 0. The SMILES string of the molecule is CCNCc1sc(N2CCOC(C)(C)C2)nc1C(C)(C)C. The van der Waals surface area contributed by atoms with Crippen molar-refractivity contribution >= 4 is 16.5 Å². The molecule has 1 aliphatic heterocycles. The van der Waals surface area contributed by atoms with Gasteiger partial charge in [-0.3, -0.25) is 0 Å². The quantitative estimate of drug-likeness (QED) is 0.927. The number of nitrogens with zero attached hydrogens (tertiary/aromatic N) is 2. The lowest BCUT2D eigenvalue weighted by Crippen LogP contribution is -2.48. The first-order valence-corrected chi connectivity index (χ1v) is 8.64. The van der Waals surface area contributed by atoms with Crippen LogP contribution >= 0.6 is 11.3 Å². The van der Waals surface area contributed by atoms with Crippen molar-refractivity contribution in [1.29, 1.82) is 0 Å². The molecule has 1 N–H and O–H groups in total. The molecule has 0 spiro atoms. The van der Waals surface area contributed by atoms with Gasteiger partial charge in [-0.1, -0.05) is 27.7 Å². The second-order valence-electron chi connectivity index (χ2n) is 7.33. The van der Waals surface area contributed by atoms with Gasteiger partial charge in [-0.05, 0) is 20.4 Å². The van der Waals surface area contributed by atoms with E-state index in [1.165, 1.54) is 10.6 Å². The molecule has 0 aromatic carbocycles. The zero-order chi connectivity index (χ0) is 15.7. The average molecular weight is 311 g/mol. The van der Waals surface area contributed by atoms with Crippen molar-refractivity contribution in [3.8, 4) is 0 Å². The van der Waals surface area contributed by atoms with E-state index >= 15 is 0 Å². The number of rotatable bonds is 4. The zero-order valence-electron chi connectivity index (χ0n) is 14.2. The highest BCUT2D eigenvalue weighted by Gasteiger charge is 2.31. The first kappa shape index (κ1) is 16.7. The fourth-order valence-corrected chi connectivity index (χ4v) is 3.86. The van der Waals surface area contributed by atoms with Gasteiger partial charge in [0, 0.05) is 29.9 Å². The number of anilines is 1. The number of morpholine rings is 1.